The SMILES string of the molecule is CC(=O)Nc1cccc(OCCCN2CC(C(=O)NCCCc3ccc(Cl)c(Cl)c3)=C(O)C2=O)c1. The van der Waals surface area contributed by atoms with Gasteiger partial charge in [-0.3, -0.25) is 14.4 Å². The van der Waals surface area contributed by atoms with Crippen LogP contribution in [0, 0.1) is 0 Å². The molecular weight excluding hydrogens is 493 g/mol. The summed E-state index contributed by atoms with van der Waals surface area (Å²) in [5, 5.41) is 16.6. The second kappa shape index (κ2) is 12.5. The molecule has 0 saturated heterocycles. The van der Waals surface area contributed by atoms with Gasteiger partial charge in [0.15, 0.2) is 5.76 Å². The first-order valence-corrected chi connectivity index (χ1v) is 11.9. The molecular formula is C25H27Cl2N3O5. The summed E-state index contributed by atoms with van der Waals surface area (Å²) in [4.78, 5) is 37.4. The second-order valence-electron chi connectivity index (χ2n) is 8.07. The van der Waals surface area contributed by atoms with Crippen molar-refractivity contribution in [2.45, 2.75) is 26.2 Å². The molecule has 1 aliphatic rings. The van der Waals surface area contributed by atoms with Gasteiger partial charge in [0.05, 0.1) is 28.8 Å². The minimum Gasteiger partial charge on any atom is -0.503 e. The molecule has 0 fully saturated rings. The molecule has 0 atom stereocenters. The number of ether oxygens (including phenoxy) is 1. The fraction of sp³-hybridized carbons (Fsp3) is 0.320. The molecule has 0 saturated carbocycles. The van der Waals surface area contributed by atoms with E-state index in [2.05, 4.69) is 10.6 Å². The van der Waals surface area contributed by atoms with Crippen molar-refractivity contribution in [3.05, 3.63) is 69.4 Å². The number of hydrogen-bond acceptors (Lipinski definition) is 5. The molecule has 10 heteroatoms. The molecule has 3 amide bonds. The normalized spacial score (nSPS) is 13.2. The molecule has 1 aliphatic heterocycles. The maximum absolute atomic E-state index is 12.5. The fourth-order valence-electron chi connectivity index (χ4n) is 3.58. The van der Waals surface area contributed by atoms with Gasteiger partial charge >= 0.3 is 0 Å². The zero-order valence-electron chi connectivity index (χ0n) is 19.3. The minimum absolute atomic E-state index is 0.0430. The monoisotopic (exact) mass is 519 g/mol. The number of amides is 3. The summed E-state index contributed by atoms with van der Waals surface area (Å²) in [7, 11) is 0. The molecule has 0 unspecified atom stereocenters. The molecule has 2 aromatic rings. The molecule has 0 spiro atoms. The van der Waals surface area contributed by atoms with E-state index in [0.29, 0.717) is 60.4 Å². The smallest absolute Gasteiger partial charge is 0.289 e. The van der Waals surface area contributed by atoms with E-state index < -0.39 is 17.6 Å². The lowest BCUT2D eigenvalue weighted by atomic mass is 10.1. The number of nitrogens with one attached hydrogen (secondary N) is 2. The predicted molar refractivity (Wildman–Crippen MR) is 135 cm³/mol. The summed E-state index contributed by atoms with van der Waals surface area (Å²) in [5.41, 5.74) is 1.70. The number of halogens is 2. The molecule has 3 N–H and O–H groups in total. The summed E-state index contributed by atoms with van der Waals surface area (Å²) in [6.07, 6.45) is 1.86. The number of aliphatic hydroxyl groups excluding tert-OH is 1. The first-order chi connectivity index (χ1) is 16.7. The Balaban J connectivity index is 1.39. The number of anilines is 1. The Morgan fingerprint density at radius 2 is 1.91 bits per heavy atom. The van der Waals surface area contributed by atoms with Crippen LogP contribution < -0.4 is 15.4 Å². The third-order valence-electron chi connectivity index (χ3n) is 5.31. The van der Waals surface area contributed by atoms with E-state index in [1.165, 1.54) is 11.8 Å². The van der Waals surface area contributed by atoms with E-state index >= 15 is 0 Å². The van der Waals surface area contributed by atoms with Crippen molar-refractivity contribution in [2.24, 2.45) is 0 Å². The van der Waals surface area contributed by atoms with Gasteiger partial charge in [-0.2, -0.15) is 0 Å². The molecule has 2 aromatic carbocycles. The van der Waals surface area contributed by atoms with Crippen molar-refractivity contribution >= 4 is 46.6 Å². The fourth-order valence-corrected chi connectivity index (χ4v) is 3.91. The number of carbonyl (C=O) groups excluding carboxylic acids is 3. The van der Waals surface area contributed by atoms with Crippen LogP contribution in [0.5, 0.6) is 5.75 Å². The molecule has 0 aliphatic carbocycles. The number of carbonyl (C=O) groups is 3. The van der Waals surface area contributed by atoms with Gasteiger partial charge in [-0.25, -0.2) is 0 Å². The molecule has 1 heterocycles. The van der Waals surface area contributed by atoms with Crippen molar-refractivity contribution < 1.29 is 24.2 Å². The highest BCUT2D eigenvalue weighted by molar-refractivity contribution is 6.42. The average molecular weight is 520 g/mol. The molecule has 8 nitrogen and oxygen atoms in total. The highest BCUT2D eigenvalue weighted by Crippen LogP contribution is 2.23. The summed E-state index contributed by atoms with van der Waals surface area (Å²) >= 11 is 11.9. The van der Waals surface area contributed by atoms with E-state index in [1.54, 1.807) is 36.4 Å². The van der Waals surface area contributed by atoms with Crippen LogP contribution in [-0.4, -0.2) is 54.0 Å². The van der Waals surface area contributed by atoms with Gasteiger partial charge in [-0.1, -0.05) is 35.3 Å². The van der Waals surface area contributed by atoms with Crippen LogP contribution in [0.25, 0.3) is 0 Å². The molecule has 0 radical (unpaired) electrons. The van der Waals surface area contributed by atoms with Gasteiger partial charge in [-0.05, 0) is 49.1 Å². The van der Waals surface area contributed by atoms with E-state index in [9.17, 15) is 19.5 Å². The Hall–Kier alpha value is -3.23. The second-order valence-corrected chi connectivity index (χ2v) is 8.89. The number of benzene rings is 2. The average Bonchev–Trinajstić information content (AvgIpc) is 3.10. The zero-order chi connectivity index (χ0) is 25.4. The third-order valence-corrected chi connectivity index (χ3v) is 6.05. The van der Waals surface area contributed by atoms with Gasteiger partial charge in [0.2, 0.25) is 5.91 Å². The number of rotatable bonds is 11. The molecule has 186 valence electrons. The minimum atomic E-state index is -0.571. The van der Waals surface area contributed by atoms with Crippen molar-refractivity contribution in [3.63, 3.8) is 0 Å². The Morgan fingerprint density at radius 1 is 1.11 bits per heavy atom. The lowest BCUT2D eigenvalue weighted by Crippen LogP contribution is -2.32. The van der Waals surface area contributed by atoms with Crippen LogP contribution >= 0.6 is 23.2 Å². The van der Waals surface area contributed by atoms with Crippen LogP contribution in [0.2, 0.25) is 10.0 Å². The van der Waals surface area contributed by atoms with Crippen LogP contribution in [0.15, 0.2) is 53.8 Å². The highest BCUT2D eigenvalue weighted by Gasteiger charge is 2.33. The predicted octanol–water partition coefficient (Wildman–Crippen LogP) is 4.12. The summed E-state index contributed by atoms with van der Waals surface area (Å²) in [6.45, 7) is 2.50. The van der Waals surface area contributed by atoms with E-state index in [0.717, 1.165) is 5.56 Å². The zero-order valence-corrected chi connectivity index (χ0v) is 20.8. The first-order valence-electron chi connectivity index (χ1n) is 11.2. The number of aliphatic hydroxyl groups is 1. The van der Waals surface area contributed by atoms with Crippen LogP contribution in [0.1, 0.15) is 25.3 Å². The van der Waals surface area contributed by atoms with Crippen LogP contribution in [-0.2, 0) is 20.8 Å². The third kappa shape index (κ3) is 7.63. The maximum atomic E-state index is 12.5. The largest absolute Gasteiger partial charge is 0.503 e. The first kappa shape index (κ1) is 26.4. The van der Waals surface area contributed by atoms with Crippen molar-refractivity contribution in [2.75, 3.05) is 31.6 Å². The van der Waals surface area contributed by atoms with Gasteiger partial charge in [0, 0.05) is 31.8 Å². The Morgan fingerprint density at radius 3 is 2.66 bits per heavy atom. The Labute approximate surface area is 213 Å². The number of hydrogen-bond donors (Lipinski definition) is 3. The molecule has 3 rings (SSSR count). The van der Waals surface area contributed by atoms with Gasteiger partial charge in [-0.15, -0.1) is 0 Å². The Bertz CT molecular complexity index is 1140. The van der Waals surface area contributed by atoms with Gasteiger partial charge in [0.1, 0.15) is 5.75 Å². The highest BCUT2D eigenvalue weighted by atomic mass is 35.5. The number of aryl methyl sites for hydroxylation is 1. The van der Waals surface area contributed by atoms with E-state index in [4.69, 9.17) is 27.9 Å². The summed E-state index contributed by atoms with van der Waals surface area (Å²) in [5.74, 6) is -1.13. The lowest BCUT2D eigenvalue weighted by molar-refractivity contribution is -0.128. The summed E-state index contributed by atoms with van der Waals surface area (Å²) < 4.78 is 5.68. The summed E-state index contributed by atoms with van der Waals surface area (Å²) in [6, 6.07) is 12.4. The van der Waals surface area contributed by atoms with Crippen LogP contribution in [0.3, 0.4) is 0 Å². The Kier molecular flexibility index (Phi) is 9.39. The van der Waals surface area contributed by atoms with E-state index in [-0.39, 0.29) is 18.0 Å². The lowest BCUT2D eigenvalue weighted by Gasteiger charge is -2.16. The number of nitrogens with zero attached hydrogens (tertiary/aromatic N) is 1. The van der Waals surface area contributed by atoms with Crippen molar-refractivity contribution in [1.29, 1.82) is 0 Å². The molecule has 0 bridgehead atoms. The standard InChI is InChI=1S/C25H27Cl2N3O5/c1-16(31)29-18-6-2-7-19(14-18)35-12-4-11-30-15-20(23(32)25(30)34)24(33)28-10-3-5-17-8-9-21(26)22(27)13-17/h2,6-9,13-14,32H,3-5,10-12,15H2,1H3,(H,28,33)(H,29,31). The van der Waals surface area contributed by atoms with Crippen molar-refractivity contribution in [3.8, 4) is 5.75 Å². The molecule has 0 aromatic heterocycles. The van der Waals surface area contributed by atoms with Crippen molar-refractivity contribution in [1.82, 2.24) is 10.2 Å². The van der Waals surface area contributed by atoms with Crippen LogP contribution in [0.4, 0.5) is 5.69 Å². The topological polar surface area (TPSA) is 108 Å². The maximum Gasteiger partial charge on any atom is 0.289 e. The molecule has 35 heavy (non-hydrogen) atoms. The quantitative estimate of drug-likeness (QED) is 0.387. The van der Waals surface area contributed by atoms with Gasteiger partial charge in [0.25, 0.3) is 11.8 Å². The van der Waals surface area contributed by atoms with Gasteiger partial charge < -0.3 is 25.4 Å². The van der Waals surface area contributed by atoms with E-state index in [1.807, 2.05) is 6.07 Å².